The molecule has 0 spiro atoms. The first-order chi connectivity index (χ1) is 8.30. The summed E-state index contributed by atoms with van der Waals surface area (Å²) in [5, 5.41) is -1.07. The Kier molecular flexibility index (Phi) is 4.35. The van der Waals surface area contributed by atoms with Crippen LogP contribution in [0.1, 0.15) is 0 Å². The molecule has 1 aliphatic rings. The average Bonchev–Trinajstić information content (AvgIpc) is 2.42. The number of hydrogen-bond acceptors (Lipinski definition) is 2. The average molecular weight is 252 g/mol. The monoisotopic (exact) mass is 252 g/mol. The lowest BCUT2D eigenvalue weighted by Gasteiger charge is -2.27. The summed E-state index contributed by atoms with van der Waals surface area (Å²) >= 11 is 0. The SMILES string of the molecule is BC1(B)C(OCC=C)=C(OCC=C)C(B)(F)C1F. The molecular weight excluding hydrogens is 235 g/mol. The summed E-state index contributed by atoms with van der Waals surface area (Å²) < 4.78 is 39.3. The van der Waals surface area contributed by atoms with Crippen LogP contribution in [0.4, 0.5) is 8.78 Å². The van der Waals surface area contributed by atoms with Gasteiger partial charge < -0.3 is 9.47 Å². The molecule has 0 bridgehead atoms. The van der Waals surface area contributed by atoms with E-state index in [0.717, 1.165) is 0 Å². The molecule has 1 rings (SSSR count). The number of halogens is 2. The van der Waals surface area contributed by atoms with Gasteiger partial charge >= 0.3 is 0 Å². The highest BCUT2D eigenvalue weighted by Crippen LogP contribution is 2.52. The van der Waals surface area contributed by atoms with Gasteiger partial charge in [-0.05, 0) is 0 Å². The van der Waals surface area contributed by atoms with E-state index in [0.29, 0.717) is 0 Å². The molecule has 0 saturated heterocycles. The van der Waals surface area contributed by atoms with Crippen molar-refractivity contribution >= 4 is 23.5 Å². The van der Waals surface area contributed by atoms with E-state index in [-0.39, 0.29) is 24.7 Å². The van der Waals surface area contributed by atoms with Crippen LogP contribution in [0.15, 0.2) is 36.8 Å². The minimum absolute atomic E-state index is 0.0817. The van der Waals surface area contributed by atoms with Crippen molar-refractivity contribution in [1.29, 1.82) is 0 Å². The van der Waals surface area contributed by atoms with Crippen LogP contribution in [-0.2, 0) is 9.47 Å². The van der Waals surface area contributed by atoms with E-state index < -0.39 is 17.0 Å². The van der Waals surface area contributed by atoms with Crippen molar-refractivity contribution in [2.45, 2.75) is 17.0 Å². The van der Waals surface area contributed by atoms with Gasteiger partial charge in [0.25, 0.3) is 0 Å². The first-order valence-corrected chi connectivity index (χ1v) is 5.85. The topological polar surface area (TPSA) is 18.5 Å². The first kappa shape index (κ1) is 14.9. The first-order valence-electron chi connectivity index (χ1n) is 5.85. The summed E-state index contributed by atoms with van der Waals surface area (Å²) in [5.74, 6) is 0.128. The van der Waals surface area contributed by atoms with Gasteiger partial charge in [-0.25, -0.2) is 8.78 Å². The molecule has 2 nitrogen and oxygen atoms in total. The second-order valence-electron chi connectivity index (χ2n) is 5.02. The molecule has 2 unspecified atom stereocenters. The Hall–Kier alpha value is -1.13. The van der Waals surface area contributed by atoms with Gasteiger partial charge in [0.1, 0.15) is 40.8 Å². The highest BCUT2D eigenvalue weighted by atomic mass is 19.2. The maximum Gasteiger partial charge on any atom is 0.164 e. The Morgan fingerprint density at radius 1 is 1.11 bits per heavy atom. The smallest absolute Gasteiger partial charge is 0.164 e. The summed E-state index contributed by atoms with van der Waals surface area (Å²) in [7, 11) is 4.36. The quantitative estimate of drug-likeness (QED) is 0.474. The number of allylic oxidation sites excluding steroid dienone is 2. The molecule has 0 aliphatic heterocycles. The van der Waals surface area contributed by atoms with Crippen molar-refractivity contribution in [2.75, 3.05) is 13.2 Å². The van der Waals surface area contributed by atoms with Crippen molar-refractivity contribution < 1.29 is 18.3 Å². The van der Waals surface area contributed by atoms with Gasteiger partial charge in [-0.2, -0.15) is 0 Å². The molecule has 0 heterocycles. The molecule has 0 amide bonds. The molecule has 18 heavy (non-hydrogen) atoms. The van der Waals surface area contributed by atoms with Crippen molar-refractivity contribution in [3.63, 3.8) is 0 Å². The van der Waals surface area contributed by atoms with Crippen molar-refractivity contribution in [3.8, 4) is 0 Å². The highest BCUT2D eigenvalue weighted by molar-refractivity contribution is 6.44. The van der Waals surface area contributed by atoms with Crippen LogP contribution in [0.3, 0.4) is 0 Å². The Morgan fingerprint density at radius 3 is 2.00 bits per heavy atom. The third kappa shape index (κ3) is 2.35. The normalized spacial score (nSPS) is 30.0. The fourth-order valence-corrected chi connectivity index (χ4v) is 2.17. The van der Waals surface area contributed by atoms with Crippen LogP contribution in [0, 0.1) is 0 Å². The van der Waals surface area contributed by atoms with Crippen LogP contribution < -0.4 is 0 Å². The lowest BCUT2D eigenvalue weighted by molar-refractivity contribution is 0.101. The van der Waals surface area contributed by atoms with E-state index in [1.165, 1.54) is 20.0 Å². The molecule has 0 aromatic heterocycles. The predicted molar refractivity (Wildman–Crippen MR) is 76.4 cm³/mol. The molecule has 0 N–H and O–H groups in total. The van der Waals surface area contributed by atoms with E-state index in [2.05, 4.69) is 13.2 Å². The zero-order valence-corrected chi connectivity index (χ0v) is 11.1. The van der Waals surface area contributed by atoms with Gasteiger partial charge in [-0.3, -0.25) is 0 Å². The van der Waals surface area contributed by atoms with E-state index in [1.807, 2.05) is 0 Å². The summed E-state index contributed by atoms with van der Waals surface area (Å²) in [6.45, 7) is 7.30. The van der Waals surface area contributed by atoms with Crippen molar-refractivity contribution in [1.82, 2.24) is 0 Å². The van der Waals surface area contributed by atoms with Crippen LogP contribution in [0.2, 0.25) is 5.21 Å². The van der Waals surface area contributed by atoms with Gasteiger partial charge in [-0.1, -0.05) is 25.3 Å². The van der Waals surface area contributed by atoms with Crippen molar-refractivity contribution in [2.24, 2.45) is 0 Å². The maximum absolute atomic E-state index is 14.5. The summed E-state index contributed by atoms with van der Waals surface area (Å²) in [6, 6.07) is 0. The van der Waals surface area contributed by atoms with Gasteiger partial charge in [0.15, 0.2) is 19.2 Å². The van der Waals surface area contributed by atoms with E-state index in [4.69, 9.17) is 9.47 Å². The molecular formula is C11H17B3F2O2. The van der Waals surface area contributed by atoms with Crippen LogP contribution in [0.25, 0.3) is 0 Å². The van der Waals surface area contributed by atoms with Crippen molar-refractivity contribution in [3.05, 3.63) is 36.8 Å². The molecule has 0 aromatic carbocycles. The fourth-order valence-electron chi connectivity index (χ4n) is 2.17. The standard InChI is InChI=1S/C11H17B3F2O2/c1-3-5-17-7-8(18-6-4-2)11(14,16)9(15)10(7,12)13/h3-4,9H,1-2,5-6,12-14H2. The second kappa shape index (κ2) is 5.25. The third-order valence-electron chi connectivity index (χ3n) is 3.04. The Labute approximate surface area is 109 Å². The molecule has 1 aliphatic carbocycles. The Bertz CT molecular complexity index is 346. The van der Waals surface area contributed by atoms with Crippen LogP contribution in [-0.4, -0.2) is 48.5 Å². The van der Waals surface area contributed by atoms with Crippen LogP contribution in [0.5, 0.6) is 0 Å². The summed E-state index contributed by atoms with van der Waals surface area (Å²) in [5.41, 5.74) is -2.19. The number of ether oxygens (including phenoxy) is 2. The lowest BCUT2D eigenvalue weighted by atomic mass is 9.50. The molecule has 0 radical (unpaired) electrons. The van der Waals surface area contributed by atoms with Gasteiger partial charge in [-0.15, -0.1) is 0 Å². The van der Waals surface area contributed by atoms with E-state index in [9.17, 15) is 8.78 Å². The maximum atomic E-state index is 14.5. The van der Waals surface area contributed by atoms with E-state index >= 15 is 0 Å². The minimum Gasteiger partial charge on any atom is -0.491 e. The molecule has 0 saturated carbocycles. The molecule has 7 heteroatoms. The van der Waals surface area contributed by atoms with E-state index in [1.54, 1.807) is 15.7 Å². The lowest BCUT2D eigenvalue weighted by Crippen LogP contribution is -2.40. The molecule has 96 valence electrons. The Balaban J connectivity index is 3.16. The van der Waals surface area contributed by atoms with Crippen LogP contribution >= 0.6 is 0 Å². The molecule has 0 fully saturated rings. The summed E-state index contributed by atoms with van der Waals surface area (Å²) in [6.07, 6.45) is 1.28. The van der Waals surface area contributed by atoms with Gasteiger partial charge in [0.05, 0.1) is 0 Å². The van der Waals surface area contributed by atoms with Gasteiger partial charge in [0.2, 0.25) is 0 Å². The largest absolute Gasteiger partial charge is 0.491 e. The predicted octanol–water partition coefficient (Wildman–Crippen LogP) is -0.364. The number of rotatable bonds is 6. The third-order valence-corrected chi connectivity index (χ3v) is 3.04. The molecule has 2 atom stereocenters. The van der Waals surface area contributed by atoms with Gasteiger partial charge in [0, 0.05) is 5.21 Å². The number of alkyl halides is 2. The fraction of sp³-hybridized carbons (Fsp3) is 0.455. The second-order valence-corrected chi connectivity index (χ2v) is 5.02. The summed E-state index contributed by atoms with van der Waals surface area (Å²) in [4.78, 5) is 0. The molecule has 0 aromatic rings. The Morgan fingerprint density at radius 2 is 1.56 bits per heavy atom. The number of hydrogen-bond donors (Lipinski definition) is 0. The highest BCUT2D eigenvalue weighted by Gasteiger charge is 2.59. The minimum atomic E-state index is -2.19. The zero-order chi connectivity index (χ0) is 14.0. The zero-order valence-electron chi connectivity index (χ0n) is 11.1.